The van der Waals surface area contributed by atoms with Gasteiger partial charge in [-0.2, -0.15) is 0 Å². The molecule has 2 rings (SSSR count). The normalized spacial score (nSPS) is 11.0. The maximum Gasteiger partial charge on any atom is 0.134 e. The SMILES string of the molecule is CCCCCCCNCc1ccc(-c2ccc(C)c(Cl)c2)o1. The van der Waals surface area contributed by atoms with E-state index in [-0.39, 0.29) is 0 Å². The van der Waals surface area contributed by atoms with Crippen molar-refractivity contribution in [3.8, 4) is 11.3 Å². The van der Waals surface area contributed by atoms with Crippen molar-refractivity contribution in [3.63, 3.8) is 0 Å². The Balaban J connectivity index is 1.78. The average molecular weight is 320 g/mol. The van der Waals surface area contributed by atoms with Gasteiger partial charge in [-0.05, 0) is 43.7 Å². The first-order valence-corrected chi connectivity index (χ1v) is 8.64. The molecule has 22 heavy (non-hydrogen) atoms. The highest BCUT2D eigenvalue weighted by Crippen LogP contribution is 2.26. The molecule has 120 valence electrons. The molecule has 0 unspecified atom stereocenters. The number of benzene rings is 1. The molecule has 2 nitrogen and oxygen atoms in total. The third-order valence-electron chi connectivity index (χ3n) is 3.87. The standard InChI is InChI=1S/C19H26ClNO/c1-3-4-5-6-7-12-21-14-17-10-11-19(22-17)16-9-8-15(2)18(20)13-16/h8-11,13,21H,3-7,12,14H2,1-2H3. The number of aryl methyl sites for hydroxylation is 1. The first-order valence-electron chi connectivity index (χ1n) is 8.26. The van der Waals surface area contributed by atoms with E-state index >= 15 is 0 Å². The van der Waals surface area contributed by atoms with E-state index in [1.54, 1.807) is 0 Å². The summed E-state index contributed by atoms with van der Waals surface area (Å²) in [5.41, 5.74) is 2.11. The molecule has 0 aliphatic carbocycles. The van der Waals surface area contributed by atoms with Gasteiger partial charge in [0.25, 0.3) is 0 Å². The monoisotopic (exact) mass is 319 g/mol. The third-order valence-corrected chi connectivity index (χ3v) is 4.28. The van der Waals surface area contributed by atoms with Gasteiger partial charge >= 0.3 is 0 Å². The molecule has 1 N–H and O–H groups in total. The molecule has 3 heteroatoms. The Morgan fingerprint density at radius 1 is 1.05 bits per heavy atom. The van der Waals surface area contributed by atoms with Crippen LogP contribution >= 0.6 is 11.6 Å². The predicted molar refractivity (Wildman–Crippen MR) is 94.4 cm³/mol. The number of halogens is 1. The molecule has 0 saturated carbocycles. The second-order valence-electron chi connectivity index (χ2n) is 5.82. The van der Waals surface area contributed by atoms with Crippen LogP contribution in [0.3, 0.4) is 0 Å². The van der Waals surface area contributed by atoms with Crippen LogP contribution in [0.25, 0.3) is 11.3 Å². The Kier molecular flexibility index (Phi) is 7.01. The average Bonchev–Trinajstić information content (AvgIpc) is 2.98. The number of furan rings is 1. The second-order valence-corrected chi connectivity index (χ2v) is 6.23. The van der Waals surface area contributed by atoms with Gasteiger partial charge in [0.2, 0.25) is 0 Å². The van der Waals surface area contributed by atoms with E-state index < -0.39 is 0 Å². The molecule has 0 saturated heterocycles. The van der Waals surface area contributed by atoms with Gasteiger partial charge in [-0.1, -0.05) is 56.3 Å². The molecule has 0 radical (unpaired) electrons. The number of nitrogens with one attached hydrogen (secondary N) is 1. The fourth-order valence-electron chi connectivity index (χ4n) is 2.44. The van der Waals surface area contributed by atoms with Gasteiger partial charge in [0.05, 0.1) is 6.54 Å². The van der Waals surface area contributed by atoms with Crippen LogP contribution in [0.5, 0.6) is 0 Å². The van der Waals surface area contributed by atoms with Gasteiger partial charge in [-0.15, -0.1) is 0 Å². The van der Waals surface area contributed by atoms with Crippen LogP contribution in [0, 0.1) is 6.92 Å². The van der Waals surface area contributed by atoms with Gasteiger partial charge in [-0.25, -0.2) is 0 Å². The lowest BCUT2D eigenvalue weighted by atomic mass is 10.1. The van der Waals surface area contributed by atoms with Gasteiger partial charge in [0.1, 0.15) is 11.5 Å². The highest BCUT2D eigenvalue weighted by molar-refractivity contribution is 6.31. The maximum absolute atomic E-state index is 6.17. The number of unbranched alkanes of at least 4 members (excludes halogenated alkanes) is 4. The van der Waals surface area contributed by atoms with Crippen molar-refractivity contribution >= 4 is 11.6 Å². The van der Waals surface area contributed by atoms with Crippen molar-refractivity contribution in [2.75, 3.05) is 6.54 Å². The van der Waals surface area contributed by atoms with Crippen LogP contribution in [0.4, 0.5) is 0 Å². The Hall–Kier alpha value is -1.25. The Bertz CT molecular complexity index is 577. The third kappa shape index (κ3) is 5.19. The molecule has 1 heterocycles. The van der Waals surface area contributed by atoms with Crippen LogP contribution in [0.2, 0.25) is 5.02 Å². The first-order chi connectivity index (χ1) is 10.7. The Morgan fingerprint density at radius 2 is 1.86 bits per heavy atom. The molecular formula is C19H26ClNO. The highest BCUT2D eigenvalue weighted by Gasteiger charge is 2.06. The number of hydrogen-bond acceptors (Lipinski definition) is 2. The fourth-order valence-corrected chi connectivity index (χ4v) is 2.62. The van der Waals surface area contributed by atoms with E-state index in [0.29, 0.717) is 0 Å². The van der Waals surface area contributed by atoms with E-state index in [4.69, 9.17) is 16.0 Å². The minimum atomic E-state index is 0.778. The van der Waals surface area contributed by atoms with E-state index in [2.05, 4.69) is 12.2 Å². The molecule has 0 spiro atoms. The van der Waals surface area contributed by atoms with Crippen molar-refractivity contribution in [1.82, 2.24) is 5.32 Å². The summed E-state index contributed by atoms with van der Waals surface area (Å²) in [4.78, 5) is 0. The summed E-state index contributed by atoms with van der Waals surface area (Å²) >= 11 is 6.17. The largest absolute Gasteiger partial charge is 0.460 e. The fraction of sp³-hybridized carbons (Fsp3) is 0.474. The Labute approximate surface area is 138 Å². The summed E-state index contributed by atoms with van der Waals surface area (Å²) in [5, 5.41) is 4.22. The molecule has 1 aromatic carbocycles. The van der Waals surface area contributed by atoms with Crippen molar-refractivity contribution in [1.29, 1.82) is 0 Å². The maximum atomic E-state index is 6.17. The summed E-state index contributed by atoms with van der Waals surface area (Å²) in [6.07, 6.45) is 6.54. The summed E-state index contributed by atoms with van der Waals surface area (Å²) < 4.78 is 5.89. The summed E-state index contributed by atoms with van der Waals surface area (Å²) in [6, 6.07) is 10.1. The zero-order valence-corrected chi connectivity index (χ0v) is 14.4. The zero-order valence-electron chi connectivity index (χ0n) is 13.6. The number of hydrogen-bond donors (Lipinski definition) is 1. The minimum Gasteiger partial charge on any atom is -0.460 e. The molecule has 2 aromatic rings. The molecule has 0 amide bonds. The van der Waals surface area contributed by atoms with Gasteiger partial charge < -0.3 is 9.73 Å². The van der Waals surface area contributed by atoms with E-state index in [9.17, 15) is 0 Å². The van der Waals surface area contributed by atoms with Gasteiger partial charge in [0, 0.05) is 10.6 Å². The highest BCUT2D eigenvalue weighted by atomic mass is 35.5. The lowest BCUT2D eigenvalue weighted by Gasteiger charge is -2.03. The molecule has 1 aromatic heterocycles. The van der Waals surface area contributed by atoms with Crippen molar-refractivity contribution < 1.29 is 4.42 Å². The van der Waals surface area contributed by atoms with Gasteiger partial charge in [0.15, 0.2) is 0 Å². The lowest BCUT2D eigenvalue weighted by molar-refractivity contribution is 0.486. The van der Waals surface area contributed by atoms with Crippen molar-refractivity contribution in [3.05, 3.63) is 46.7 Å². The smallest absolute Gasteiger partial charge is 0.134 e. The molecule has 0 aliphatic heterocycles. The van der Waals surface area contributed by atoms with Crippen LogP contribution in [0.1, 0.15) is 50.4 Å². The van der Waals surface area contributed by atoms with Gasteiger partial charge in [-0.3, -0.25) is 0 Å². The predicted octanol–water partition coefficient (Wildman–Crippen LogP) is 5.97. The molecule has 0 atom stereocenters. The molecule has 0 fully saturated rings. The van der Waals surface area contributed by atoms with E-state index in [1.165, 1.54) is 32.1 Å². The van der Waals surface area contributed by atoms with Crippen LogP contribution < -0.4 is 5.32 Å². The van der Waals surface area contributed by atoms with E-state index in [0.717, 1.165) is 40.8 Å². The van der Waals surface area contributed by atoms with Crippen molar-refractivity contribution in [2.24, 2.45) is 0 Å². The summed E-state index contributed by atoms with van der Waals surface area (Å²) in [5.74, 6) is 1.85. The van der Waals surface area contributed by atoms with Crippen molar-refractivity contribution in [2.45, 2.75) is 52.5 Å². The topological polar surface area (TPSA) is 25.2 Å². The lowest BCUT2D eigenvalue weighted by Crippen LogP contribution is -2.14. The minimum absolute atomic E-state index is 0.778. The molecule has 0 bridgehead atoms. The van der Waals surface area contributed by atoms with Crippen LogP contribution in [0.15, 0.2) is 34.7 Å². The van der Waals surface area contributed by atoms with Crippen LogP contribution in [-0.4, -0.2) is 6.54 Å². The first kappa shape index (κ1) is 17.1. The zero-order chi connectivity index (χ0) is 15.8. The second kappa shape index (κ2) is 9.02. The van der Waals surface area contributed by atoms with E-state index in [1.807, 2.05) is 37.3 Å². The quantitative estimate of drug-likeness (QED) is 0.576. The molecule has 0 aliphatic rings. The number of rotatable bonds is 9. The molecular weight excluding hydrogens is 294 g/mol. The van der Waals surface area contributed by atoms with Crippen LogP contribution in [-0.2, 0) is 6.54 Å². The Morgan fingerprint density at radius 3 is 2.64 bits per heavy atom. The summed E-state index contributed by atoms with van der Waals surface area (Å²) in [6.45, 7) is 6.08. The summed E-state index contributed by atoms with van der Waals surface area (Å²) in [7, 11) is 0.